The van der Waals surface area contributed by atoms with Gasteiger partial charge in [-0.3, -0.25) is 4.79 Å². The summed E-state index contributed by atoms with van der Waals surface area (Å²) < 4.78 is 51.4. The van der Waals surface area contributed by atoms with E-state index < -0.39 is 41.1 Å². The summed E-state index contributed by atoms with van der Waals surface area (Å²) in [7, 11) is 1.54. The summed E-state index contributed by atoms with van der Waals surface area (Å²) >= 11 is 0. The van der Waals surface area contributed by atoms with Crippen LogP contribution in [-0.4, -0.2) is 30.7 Å². The van der Waals surface area contributed by atoms with Gasteiger partial charge in [0.25, 0.3) is 5.91 Å². The number of amides is 2. The number of benzene rings is 3. The molecule has 1 aromatic heterocycles. The maximum Gasteiger partial charge on any atom is 0.405 e. The van der Waals surface area contributed by atoms with Crippen molar-refractivity contribution < 1.29 is 37.0 Å². The first kappa shape index (κ1) is 32.5. The third-order valence-electron chi connectivity index (χ3n) is 7.80. The van der Waals surface area contributed by atoms with Gasteiger partial charge in [-0.1, -0.05) is 57.2 Å². The maximum absolute atomic E-state index is 14.4. The molecule has 1 saturated carbocycles. The third kappa shape index (κ3) is 7.64. The van der Waals surface area contributed by atoms with E-state index in [2.05, 4.69) is 10.3 Å². The van der Waals surface area contributed by atoms with Crippen molar-refractivity contribution >= 4 is 12.0 Å². The van der Waals surface area contributed by atoms with Crippen LogP contribution in [-0.2, 0) is 11.3 Å². The van der Waals surface area contributed by atoms with Crippen LogP contribution >= 0.6 is 0 Å². The summed E-state index contributed by atoms with van der Waals surface area (Å²) in [5.41, 5.74) is 6.20. The van der Waals surface area contributed by atoms with Crippen molar-refractivity contribution in [2.45, 2.75) is 52.2 Å². The van der Waals surface area contributed by atoms with Gasteiger partial charge in [-0.05, 0) is 54.0 Å². The summed E-state index contributed by atoms with van der Waals surface area (Å²) in [6.07, 6.45) is -0.0622. The summed E-state index contributed by atoms with van der Waals surface area (Å²) in [4.78, 5) is 30.7. The number of nitrogens with zero attached hydrogens (tertiary/aromatic N) is 1. The van der Waals surface area contributed by atoms with Crippen molar-refractivity contribution in [3.8, 4) is 23.0 Å². The van der Waals surface area contributed by atoms with Gasteiger partial charge in [0.2, 0.25) is 5.89 Å². The number of aromatic nitrogens is 1. The highest BCUT2D eigenvalue weighted by molar-refractivity contribution is 5.94. The molecule has 11 heteroatoms. The number of nitrogens with one attached hydrogen (secondary N) is 1. The number of primary amides is 1. The van der Waals surface area contributed by atoms with Crippen molar-refractivity contribution in [3.05, 3.63) is 101 Å². The Balaban J connectivity index is 1.60. The topological polar surface area (TPSA) is 126 Å². The van der Waals surface area contributed by atoms with Gasteiger partial charge in [0.05, 0.1) is 13.7 Å². The van der Waals surface area contributed by atoms with E-state index in [1.54, 1.807) is 18.2 Å². The van der Waals surface area contributed by atoms with Crippen molar-refractivity contribution in [1.29, 1.82) is 0 Å². The highest BCUT2D eigenvalue weighted by Crippen LogP contribution is 2.48. The molecule has 0 radical (unpaired) electrons. The molecule has 2 atom stereocenters. The molecule has 5 rings (SSSR count). The lowest BCUT2D eigenvalue weighted by molar-refractivity contribution is 0.0434. The van der Waals surface area contributed by atoms with Crippen LogP contribution in [0.5, 0.6) is 11.5 Å². The van der Waals surface area contributed by atoms with Crippen LogP contribution in [0.3, 0.4) is 0 Å². The smallest absolute Gasteiger partial charge is 0.405 e. The Labute approximate surface area is 266 Å². The number of ether oxygens (including phenoxy) is 3. The Bertz CT molecular complexity index is 1700. The lowest BCUT2D eigenvalue weighted by Gasteiger charge is -2.36. The van der Waals surface area contributed by atoms with Crippen LogP contribution in [0.15, 0.2) is 71.1 Å². The van der Waals surface area contributed by atoms with Crippen LogP contribution in [0, 0.1) is 23.0 Å². The number of halogens is 2. The number of methoxy groups -OCH3 is 1. The number of carbonyl (C=O) groups excluding carboxylic acids is 2. The van der Waals surface area contributed by atoms with Crippen LogP contribution in [0.4, 0.5) is 13.6 Å². The van der Waals surface area contributed by atoms with Gasteiger partial charge in [0.1, 0.15) is 11.6 Å². The summed E-state index contributed by atoms with van der Waals surface area (Å²) in [5, 5.41) is 2.64. The van der Waals surface area contributed by atoms with Gasteiger partial charge in [0, 0.05) is 29.7 Å². The molecule has 2 unspecified atom stereocenters. The predicted octanol–water partition coefficient (Wildman–Crippen LogP) is 7.31. The van der Waals surface area contributed by atoms with Gasteiger partial charge in [-0.2, -0.15) is 0 Å². The lowest BCUT2D eigenvalue weighted by Crippen LogP contribution is -2.32. The molecule has 1 aliphatic carbocycles. The molecule has 3 N–H and O–H groups in total. The molecule has 242 valence electrons. The molecular formula is C35H37F2N3O6. The average molecular weight is 634 g/mol. The van der Waals surface area contributed by atoms with E-state index in [1.165, 1.54) is 13.2 Å². The quantitative estimate of drug-likeness (QED) is 0.168. The molecule has 4 aromatic rings. The SMILES string of the molecule is COc1ccc(-c2nc(C(=O)NCc3ccc(F)cc3F)c(C(OC(N)=O)C(c3ccccc3)C(C)(C)C)o2)cc1OCC1CC1. The second-order valence-electron chi connectivity index (χ2n) is 12.4. The zero-order valence-corrected chi connectivity index (χ0v) is 26.1. The van der Waals surface area contributed by atoms with E-state index in [-0.39, 0.29) is 29.5 Å². The van der Waals surface area contributed by atoms with Gasteiger partial charge in [-0.15, -0.1) is 0 Å². The Hall–Kier alpha value is -4.93. The second-order valence-corrected chi connectivity index (χ2v) is 12.4. The number of rotatable bonds is 12. The van der Waals surface area contributed by atoms with E-state index in [0.717, 1.165) is 30.5 Å². The van der Waals surface area contributed by atoms with Crippen molar-refractivity contribution in [3.63, 3.8) is 0 Å². The standard InChI is InChI=1S/C35H37F2N3O6/c1-35(2,3)28(21-8-6-5-7-9-21)30(46-34(38)42)31-29(32(41)39-18-23-12-14-24(36)17-25(23)37)40-33(45-31)22-13-15-26(43-4)27(16-22)44-19-20-10-11-20/h5-9,12-17,20,28,30H,10-11,18-19H2,1-4H3,(H2,38,42)(H,39,41). The van der Waals surface area contributed by atoms with Crippen LogP contribution in [0.25, 0.3) is 11.5 Å². The zero-order valence-electron chi connectivity index (χ0n) is 26.1. The van der Waals surface area contributed by atoms with Crippen LogP contribution < -0.4 is 20.5 Å². The second kappa shape index (κ2) is 13.6. The molecule has 46 heavy (non-hydrogen) atoms. The highest BCUT2D eigenvalue weighted by Gasteiger charge is 2.42. The van der Waals surface area contributed by atoms with E-state index in [4.69, 9.17) is 24.4 Å². The third-order valence-corrected chi connectivity index (χ3v) is 7.80. The minimum absolute atomic E-state index is 0.0471. The predicted molar refractivity (Wildman–Crippen MR) is 166 cm³/mol. The van der Waals surface area contributed by atoms with Crippen LogP contribution in [0.2, 0.25) is 0 Å². The monoisotopic (exact) mass is 633 g/mol. The Morgan fingerprint density at radius 2 is 1.78 bits per heavy atom. The molecule has 2 amide bonds. The van der Waals surface area contributed by atoms with Crippen molar-refractivity contribution in [2.24, 2.45) is 17.1 Å². The molecule has 3 aromatic carbocycles. The first-order valence-electron chi connectivity index (χ1n) is 15.0. The molecule has 0 spiro atoms. The van der Waals surface area contributed by atoms with E-state index >= 15 is 0 Å². The molecule has 1 aliphatic rings. The molecule has 1 heterocycles. The minimum atomic E-state index is -1.19. The molecular weight excluding hydrogens is 596 g/mol. The fourth-order valence-electron chi connectivity index (χ4n) is 5.34. The fraction of sp³-hybridized carbons (Fsp3) is 0.343. The Kier molecular flexibility index (Phi) is 9.60. The van der Waals surface area contributed by atoms with Gasteiger partial charge >= 0.3 is 6.09 Å². The van der Waals surface area contributed by atoms with E-state index in [1.807, 2.05) is 51.1 Å². The first-order valence-corrected chi connectivity index (χ1v) is 15.0. The number of oxazole rings is 1. The highest BCUT2D eigenvalue weighted by atomic mass is 19.1. The van der Waals surface area contributed by atoms with Gasteiger partial charge in [0.15, 0.2) is 29.1 Å². The van der Waals surface area contributed by atoms with Crippen molar-refractivity contribution in [2.75, 3.05) is 13.7 Å². The molecule has 0 saturated heterocycles. The molecule has 0 bridgehead atoms. The van der Waals surface area contributed by atoms with Crippen LogP contribution in [0.1, 0.15) is 73.0 Å². The van der Waals surface area contributed by atoms with Crippen molar-refractivity contribution in [1.82, 2.24) is 10.3 Å². The molecule has 0 aliphatic heterocycles. The van der Waals surface area contributed by atoms with E-state index in [9.17, 15) is 18.4 Å². The first-order chi connectivity index (χ1) is 21.9. The fourth-order valence-corrected chi connectivity index (χ4v) is 5.34. The maximum atomic E-state index is 14.4. The summed E-state index contributed by atoms with van der Waals surface area (Å²) in [6, 6.07) is 17.5. The summed E-state index contributed by atoms with van der Waals surface area (Å²) in [6.45, 7) is 6.15. The molecule has 1 fully saturated rings. The largest absolute Gasteiger partial charge is 0.493 e. The number of hydrogen-bond donors (Lipinski definition) is 2. The Morgan fingerprint density at radius 3 is 2.41 bits per heavy atom. The Morgan fingerprint density at radius 1 is 1.04 bits per heavy atom. The van der Waals surface area contributed by atoms with Gasteiger partial charge < -0.3 is 29.7 Å². The molecule has 9 nitrogen and oxygen atoms in total. The minimum Gasteiger partial charge on any atom is -0.493 e. The number of carbonyl (C=O) groups is 2. The number of nitrogens with two attached hydrogens (primary N) is 1. The average Bonchev–Trinajstić information content (AvgIpc) is 3.74. The van der Waals surface area contributed by atoms with Gasteiger partial charge in [-0.25, -0.2) is 18.6 Å². The normalized spacial score (nSPS) is 14.3. The zero-order chi connectivity index (χ0) is 33.0. The summed E-state index contributed by atoms with van der Waals surface area (Å²) in [5.74, 6) is -1.35. The van der Waals surface area contributed by atoms with E-state index in [0.29, 0.717) is 29.6 Å². The lowest BCUT2D eigenvalue weighted by atomic mass is 9.72. The number of hydrogen-bond acceptors (Lipinski definition) is 7.